The first kappa shape index (κ1) is 13.7. The van der Waals surface area contributed by atoms with Crippen LogP contribution in [0, 0.1) is 10.1 Å². The third-order valence-corrected chi connectivity index (χ3v) is 2.76. The average molecular weight is 273 g/mol. The maximum absolute atomic E-state index is 11.0. The summed E-state index contributed by atoms with van der Waals surface area (Å²) in [6.07, 6.45) is 4.80. The molecule has 0 unspecified atom stereocenters. The molecule has 7 nitrogen and oxygen atoms in total. The molecule has 1 N–H and O–H groups in total. The third kappa shape index (κ3) is 3.00. The van der Waals surface area contributed by atoms with Crippen LogP contribution >= 0.6 is 0 Å². The van der Waals surface area contributed by atoms with Crippen molar-refractivity contribution in [3.05, 3.63) is 52.6 Å². The Kier molecular flexibility index (Phi) is 3.79. The Morgan fingerprint density at radius 3 is 2.85 bits per heavy atom. The summed E-state index contributed by atoms with van der Waals surface area (Å²) in [6.45, 7) is 6.05. The molecule has 0 saturated carbocycles. The van der Waals surface area contributed by atoms with Gasteiger partial charge in [-0.05, 0) is 18.6 Å². The molecule has 0 saturated heterocycles. The smallest absolute Gasteiger partial charge is 0.310 e. The number of nitro groups is 1. The van der Waals surface area contributed by atoms with Gasteiger partial charge in [0.15, 0.2) is 0 Å². The van der Waals surface area contributed by atoms with Crippen LogP contribution in [0.1, 0.15) is 18.2 Å². The molecule has 0 aromatic carbocycles. The van der Waals surface area contributed by atoms with Crippen LogP contribution in [0.4, 0.5) is 11.4 Å². The molecule has 20 heavy (non-hydrogen) atoms. The molecule has 0 bridgehead atoms. The van der Waals surface area contributed by atoms with Gasteiger partial charge in [-0.15, -0.1) is 0 Å². The van der Waals surface area contributed by atoms with Gasteiger partial charge in [-0.3, -0.25) is 14.8 Å². The molecule has 0 radical (unpaired) electrons. The van der Waals surface area contributed by atoms with E-state index in [1.165, 1.54) is 6.20 Å². The molecule has 0 aliphatic rings. The molecule has 2 rings (SSSR count). The summed E-state index contributed by atoms with van der Waals surface area (Å²) < 4.78 is 1.68. The number of pyridine rings is 1. The monoisotopic (exact) mass is 273 g/mol. The van der Waals surface area contributed by atoms with E-state index in [1.807, 2.05) is 13.2 Å². The molecule has 2 heterocycles. The highest BCUT2D eigenvalue weighted by atomic mass is 16.6. The fourth-order valence-electron chi connectivity index (χ4n) is 1.73. The number of anilines is 1. The number of nitrogens with zero attached hydrogens (tertiary/aromatic N) is 4. The van der Waals surface area contributed by atoms with E-state index in [1.54, 1.807) is 23.9 Å². The van der Waals surface area contributed by atoms with Crippen molar-refractivity contribution in [1.82, 2.24) is 14.8 Å². The maximum atomic E-state index is 11.0. The zero-order valence-electron chi connectivity index (χ0n) is 11.3. The highest BCUT2D eigenvalue weighted by molar-refractivity contribution is 5.68. The number of hydrogen-bond acceptors (Lipinski definition) is 5. The van der Waals surface area contributed by atoms with Gasteiger partial charge in [-0.2, -0.15) is 5.10 Å². The van der Waals surface area contributed by atoms with Crippen molar-refractivity contribution in [1.29, 1.82) is 0 Å². The molecule has 2 aromatic heterocycles. The van der Waals surface area contributed by atoms with Crippen LogP contribution in [-0.2, 0) is 13.6 Å². The van der Waals surface area contributed by atoms with Gasteiger partial charge in [-0.25, -0.2) is 4.98 Å². The first-order chi connectivity index (χ1) is 9.47. The highest BCUT2D eigenvalue weighted by Gasteiger charge is 2.15. The van der Waals surface area contributed by atoms with Crippen LogP contribution < -0.4 is 5.32 Å². The van der Waals surface area contributed by atoms with Crippen LogP contribution in [0.2, 0.25) is 0 Å². The minimum atomic E-state index is -0.458. The Balaban J connectivity index is 2.25. The summed E-state index contributed by atoms with van der Waals surface area (Å²) in [5, 5.41) is 18.1. The number of allylic oxidation sites excluding steroid dienone is 1. The normalized spacial score (nSPS) is 10.3. The van der Waals surface area contributed by atoms with Crippen molar-refractivity contribution in [2.45, 2.75) is 13.5 Å². The lowest BCUT2D eigenvalue weighted by atomic mass is 10.2. The van der Waals surface area contributed by atoms with E-state index in [4.69, 9.17) is 0 Å². The van der Waals surface area contributed by atoms with Crippen LogP contribution in [-0.4, -0.2) is 19.7 Å². The number of aryl methyl sites for hydroxylation is 1. The van der Waals surface area contributed by atoms with Gasteiger partial charge in [0.2, 0.25) is 0 Å². The fraction of sp³-hybridized carbons (Fsp3) is 0.231. The van der Waals surface area contributed by atoms with Crippen molar-refractivity contribution >= 4 is 16.9 Å². The summed E-state index contributed by atoms with van der Waals surface area (Å²) in [6, 6.07) is 1.64. The van der Waals surface area contributed by atoms with E-state index in [0.717, 1.165) is 11.1 Å². The van der Waals surface area contributed by atoms with Crippen molar-refractivity contribution in [3.8, 4) is 0 Å². The molecule has 0 spiro atoms. The van der Waals surface area contributed by atoms with Crippen molar-refractivity contribution in [2.75, 3.05) is 5.32 Å². The number of nitrogens with one attached hydrogen (secondary N) is 1. The fourth-order valence-corrected chi connectivity index (χ4v) is 1.73. The van der Waals surface area contributed by atoms with Crippen LogP contribution in [0.15, 0.2) is 31.2 Å². The molecule has 0 amide bonds. The van der Waals surface area contributed by atoms with Crippen LogP contribution in [0.25, 0.3) is 5.57 Å². The summed E-state index contributed by atoms with van der Waals surface area (Å²) in [5.74, 6) is 0. The van der Waals surface area contributed by atoms with Gasteiger partial charge in [0.1, 0.15) is 11.9 Å². The van der Waals surface area contributed by atoms with Gasteiger partial charge in [-0.1, -0.05) is 6.58 Å². The lowest BCUT2D eigenvalue weighted by molar-refractivity contribution is -0.384. The van der Waals surface area contributed by atoms with Gasteiger partial charge in [0.25, 0.3) is 0 Å². The second-order valence-electron chi connectivity index (χ2n) is 4.50. The first-order valence-corrected chi connectivity index (χ1v) is 5.99. The Morgan fingerprint density at radius 2 is 2.30 bits per heavy atom. The predicted octanol–water partition coefficient (Wildman–Crippen LogP) is 2.37. The van der Waals surface area contributed by atoms with Gasteiger partial charge in [0, 0.05) is 25.4 Å². The molecule has 104 valence electrons. The quantitative estimate of drug-likeness (QED) is 0.667. The highest BCUT2D eigenvalue weighted by Crippen LogP contribution is 2.26. The number of rotatable bonds is 5. The second kappa shape index (κ2) is 5.52. The van der Waals surface area contributed by atoms with Gasteiger partial charge >= 0.3 is 5.69 Å². The zero-order valence-corrected chi connectivity index (χ0v) is 11.3. The summed E-state index contributed by atoms with van der Waals surface area (Å²) in [4.78, 5) is 14.6. The molecular weight excluding hydrogens is 258 g/mol. The molecule has 2 aromatic rings. The van der Waals surface area contributed by atoms with E-state index >= 15 is 0 Å². The first-order valence-electron chi connectivity index (χ1n) is 5.99. The topological polar surface area (TPSA) is 85.9 Å². The molecule has 0 aliphatic heterocycles. The Labute approximate surface area is 116 Å². The number of hydrogen-bond donors (Lipinski definition) is 1. The summed E-state index contributed by atoms with van der Waals surface area (Å²) in [7, 11) is 1.82. The van der Waals surface area contributed by atoms with Crippen molar-refractivity contribution in [2.24, 2.45) is 7.05 Å². The van der Waals surface area contributed by atoms with E-state index in [2.05, 4.69) is 22.0 Å². The SMILES string of the molecule is C=C(C)c1cc(NCc2cnn(C)c2)c([N+](=O)[O-])cn1. The molecule has 0 atom stereocenters. The Bertz CT molecular complexity index is 663. The summed E-state index contributed by atoms with van der Waals surface area (Å²) in [5.41, 5.74) is 2.69. The van der Waals surface area contributed by atoms with E-state index in [0.29, 0.717) is 17.9 Å². The predicted molar refractivity (Wildman–Crippen MR) is 76.1 cm³/mol. The molecule has 7 heteroatoms. The van der Waals surface area contributed by atoms with E-state index in [-0.39, 0.29) is 5.69 Å². The standard InChI is InChI=1S/C13H15N5O2/c1-9(2)11-4-12(13(7-15-11)18(19)20)14-5-10-6-16-17(3)8-10/h4,6-8H,1,5H2,2-3H3,(H,14,15). The largest absolute Gasteiger partial charge is 0.375 e. The average Bonchev–Trinajstić information content (AvgIpc) is 2.81. The molecular formula is C13H15N5O2. The van der Waals surface area contributed by atoms with Gasteiger partial charge in [0.05, 0.1) is 16.8 Å². The summed E-state index contributed by atoms with van der Waals surface area (Å²) >= 11 is 0. The van der Waals surface area contributed by atoms with Crippen LogP contribution in [0.3, 0.4) is 0 Å². The minimum Gasteiger partial charge on any atom is -0.375 e. The lowest BCUT2D eigenvalue weighted by Crippen LogP contribution is -2.04. The third-order valence-electron chi connectivity index (χ3n) is 2.76. The minimum absolute atomic E-state index is 0.0566. The molecule has 0 fully saturated rings. The van der Waals surface area contributed by atoms with Crippen LogP contribution in [0.5, 0.6) is 0 Å². The maximum Gasteiger partial charge on any atom is 0.310 e. The number of aromatic nitrogens is 3. The van der Waals surface area contributed by atoms with E-state index in [9.17, 15) is 10.1 Å². The lowest BCUT2D eigenvalue weighted by Gasteiger charge is -2.07. The zero-order chi connectivity index (χ0) is 14.7. The van der Waals surface area contributed by atoms with Crippen molar-refractivity contribution < 1.29 is 4.92 Å². The van der Waals surface area contributed by atoms with Crippen molar-refractivity contribution in [3.63, 3.8) is 0 Å². The van der Waals surface area contributed by atoms with Gasteiger partial charge < -0.3 is 5.32 Å². The second-order valence-corrected chi connectivity index (χ2v) is 4.50. The van der Waals surface area contributed by atoms with E-state index < -0.39 is 4.92 Å². The Morgan fingerprint density at radius 1 is 1.55 bits per heavy atom. The Hall–Kier alpha value is -2.70. The molecule has 0 aliphatic carbocycles.